The van der Waals surface area contributed by atoms with Crippen LogP contribution in [-0.2, 0) is 0 Å². The predicted molar refractivity (Wildman–Crippen MR) is 171 cm³/mol. The summed E-state index contributed by atoms with van der Waals surface area (Å²) in [6.07, 6.45) is 0. The summed E-state index contributed by atoms with van der Waals surface area (Å²) in [7, 11) is 0. The van der Waals surface area contributed by atoms with Gasteiger partial charge in [-0.3, -0.25) is 0 Å². The first-order valence-corrected chi connectivity index (χ1v) is 14.5. The van der Waals surface area contributed by atoms with Gasteiger partial charge in [-0.15, -0.1) is 0 Å². The Hall–Kier alpha value is -4.79. The molecule has 2 heterocycles. The van der Waals surface area contributed by atoms with Gasteiger partial charge in [-0.25, -0.2) is 0 Å². The molecule has 0 radical (unpaired) electrons. The number of fused-ring (bicyclic) bond motifs is 6. The van der Waals surface area contributed by atoms with Crippen molar-refractivity contribution in [3.8, 4) is 27.9 Å². The zero-order valence-electron chi connectivity index (χ0n) is 21.6. The molecule has 186 valence electrons. The summed E-state index contributed by atoms with van der Waals surface area (Å²) in [5.74, 6) is 0. The van der Waals surface area contributed by atoms with Crippen molar-refractivity contribution in [2.45, 2.75) is 9.79 Å². The zero-order chi connectivity index (χ0) is 26.2. The summed E-state index contributed by atoms with van der Waals surface area (Å²) >= 11 is 1.89. The SMILES string of the molecule is c1ccc(-n2c3ccccc3c3c(-c4ccc5c6c(cccc46)-c4ccccc4S5)c4ccccc4cc32)cc1. The fraction of sp³-hybridized carbons (Fsp3) is 0. The van der Waals surface area contributed by atoms with Crippen molar-refractivity contribution in [2.24, 2.45) is 0 Å². The summed E-state index contributed by atoms with van der Waals surface area (Å²) in [4.78, 5) is 2.66. The molecular formula is C38H23NS. The molecule has 40 heavy (non-hydrogen) atoms. The van der Waals surface area contributed by atoms with E-state index in [1.165, 1.54) is 81.1 Å². The number of aromatic nitrogens is 1. The van der Waals surface area contributed by atoms with Crippen LogP contribution < -0.4 is 0 Å². The number of para-hydroxylation sites is 2. The highest BCUT2D eigenvalue weighted by atomic mass is 32.2. The number of benzene rings is 7. The number of hydrogen-bond acceptors (Lipinski definition) is 1. The van der Waals surface area contributed by atoms with Gasteiger partial charge in [0.15, 0.2) is 0 Å². The van der Waals surface area contributed by atoms with E-state index in [2.05, 4.69) is 144 Å². The Labute approximate surface area is 236 Å². The van der Waals surface area contributed by atoms with Crippen LogP contribution in [0.25, 0.3) is 71.3 Å². The molecule has 1 nitrogen and oxygen atoms in total. The Morgan fingerprint density at radius 2 is 1.15 bits per heavy atom. The first-order chi connectivity index (χ1) is 19.9. The van der Waals surface area contributed by atoms with Crippen LogP contribution in [0.2, 0.25) is 0 Å². The summed E-state index contributed by atoms with van der Waals surface area (Å²) in [5.41, 5.74) is 8.90. The summed E-state index contributed by atoms with van der Waals surface area (Å²) < 4.78 is 2.43. The van der Waals surface area contributed by atoms with Gasteiger partial charge in [0.25, 0.3) is 0 Å². The first-order valence-electron chi connectivity index (χ1n) is 13.7. The highest BCUT2D eigenvalue weighted by Gasteiger charge is 2.24. The summed E-state index contributed by atoms with van der Waals surface area (Å²) in [5, 5.41) is 7.80. The molecule has 0 saturated carbocycles. The number of hydrogen-bond donors (Lipinski definition) is 0. The average molecular weight is 526 g/mol. The number of rotatable bonds is 2. The lowest BCUT2D eigenvalue weighted by Crippen LogP contribution is -1.95. The molecule has 0 atom stereocenters. The molecule has 0 N–H and O–H groups in total. The van der Waals surface area contributed by atoms with Crippen molar-refractivity contribution in [1.82, 2.24) is 4.57 Å². The standard InChI is InChI=1S/C38H23NS/c1-2-12-25(13-3-1)39-32-19-8-6-16-31(32)38-33(39)23-24-11-4-5-14-26(24)37(38)30-21-22-35-36-28(17-10-18-29(30)36)27-15-7-9-20-34(27)40-35/h1-23H. The third-order valence-electron chi connectivity index (χ3n) is 8.37. The van der Waals surface area contributed by atoms with Crippen molar-refractivity contribution >= 4 is 55.1 Å². The molecule has 8 aromatic rings. The van der Waals surface area contributed by atoms with E-state index in [-0.39, 0.29) is 0 Å². The van der Waals surface area contributed by atoms with Crippen molar-refractivity contribution < 1.29 is 0 Å². The van der Waals surface area contributed by atoms with Gasteiger partial charge >= 0.3 is 0 Å². The lowest BCUT2D eigenvalue weighted by molar-refractivity contribution is 1.18. The maximum Gasteiger partial charge on any atom is 0.0553 e. The minimum atomic E-state index is 1.18. The maximum absolute atomic E-state index is 2.43. The highest BCUT2D eigenvalue weighted by molar-refractivity contribution is 7.99. The van der Waals surface area contributed by atoms with Crippen LogP contribution in [0.1, 0.15) is 0 Å². The monoisotopic (exact) mass is 525 g/mol. The fourth-order valence-corrected chi connectivity index (χ4v) is 7.85. The molecule has 2 heteroatoms. The molecule has 0 saturated heterocycles. The van der Waals surface area contributed by atoms with Crippen molar-refractivity contribution in [2.75, 3.05) is 0 Å². The lowest BCUT2D eigenvalue weighted by Gasteiger charge is -2.22. The molecule has 0 bridgehead atoms. The van der Waals surface area contributed by atoms with Crippen LogP contribution in [0, 0.1) is 0 Å². The third kappa shape index (κ3) is 3.00. The third-order valence-corrected chi connectivity index (χ3v) is 9.50. The van der Waals surface area contributed by atoms with Crippen molar-refractivity contribution in [3.63, 3.8) is 0 Å². The van der Waals surface area contributed by atoms with Gasteiger partial charge in [-0.2, -0.15) is 0 Å². The van der Waals surface area contributed by atoms with E-state index >= 15 is 0 Å². The second kappa shape index (κ2) is 8.35. The Bertz CT molecular complexity index is 2290. The molecule has 0 fully saturated rings. The quantitative estimate of drug-likeness (QED) is 0.217. The Morgan fingerprint density at radius 3 is 2.08 bits per heavy atom. The Balaban J connectivity index is 1.48. The lowest BCUT2D eigenvalue weighted by atomic mass is 9.88. The van der Waals surface area contributed by atoms with Gasteiger partial charge in [-0.1, -0.05) is 115 Å². The van der Waals surface area contributed by atoms with E-state index in [0.29, 0.717) is 0 Å². The predicted octanol–water partition coefficient (Wildman–Crippen LogP) is 10.9. The smallest absolute Gasteiger partial charge is 0.0553 e. The molecule has 0 unspecified atom stereocenters. The molecule has 0 aliphatic carbocycles. The molecule has 1 aliphatic rings. The highest BCUT2D eigenvalue weighted by Crippen LogP contribution is 2.51. The second-order valence-electron chi connectivity index (χ2n) is 10.5. The van der Waals surface area contributed by atoms with Gasteiger partial charge in [0.2, 0.25) is 0 Å². The fourth-order valence-electron chi connectivity index (χ4n) is 6.73. The van der Waals surface area contributed by atoms with Crippen LogP contribution in [0.15, 0.2) is 149 Å². The van der Waals surface area contributed by atoms with Crippen LogP contribution in [0.3, 0.4) is 0 Å². The van der Waals surface area contributed by atoms with Gasteiger partial charge in [0, 0.05) is 37.2 Å². The minimum Gasteiger partial charge on any atom is -0.309 e. The Morgan fingerprint density at radius 1 is 0.425 bits per heavy atom. The van der Waals surface area contributed by atoms with E-state index in [1.807, 2.05) is 11.8 Å². The largest absolute Gasteiger partial charge is 0.309 e. The Kier molecular flexibility index (Phi) is 4.61. The first kappa shape index (κ1) is 22.1. The van der Waals surface area contributed by atoms with Crippen LogP contribution in [-0.4, -0.2) is 4.57 Å². The normalized spacial score (nSPS) is 12.4. The van der Waals surface area contributed by atoms with Gasteiger partial charge in [0.1, 0.15) is 0 Å². The minimum absolute atomic E-state index is 1.18. The molecule has 7 aromatic carbocycles. The van der Waals surface area contributed by atoms with Gasteiger partial charge in [-0.05, 0) is 69.2 Å². The maximum atomic E-state index is 2.43. The van der Waals surface area contributed by atoms with Crippen molar-refractivity contribution in [1.29, 1.82) is 0 Å². The summed E-state index contributed by atoms with van der Waals surface area (Å²) in [6, 6.07) is 51.2. The topological polar surface area (TPSA) is 4.93 Å². The second-order valence-corrected chi connectivity index (χ2v) is 11.6. The zero-order valence-corrected chi connectivity index (χ0v) is 22.5. The van der Waals surface area contributed by atoms with Crippen LogP contribution >= 0.6 is 11.8 Å². The molecule has 1 aliphatic heterocycles. The molecular weight excluding hydrogens is 502 g/mol. The van der Waals surface area contributed by atoms with Gasteiger partial charge < -0.3 is 4.57 Å². The van der Waals surface area contributed by atoms with Gasteiger partial charge in [0.05, 0.1) is 11.0 Å². The number of nitrogens with zero attached hydrogens (tertiary/aromatic N) is 1. The molecule has 0 amide bonds. The van der Waals surface area contributed by atoms with Crippen molar-refractivity contribution in [3.05, 3.63) is 140 Å². The summed E-state index contributed by atoms with van der Waals surface area (Å²) in [6.45, 7) is 0. The van der Waals surface area contributed by atoms with E-state index in [9.17, 15) is 0 Å². The molecule has 9 rings (SSSR count). The van der Waals surface area contributed by atoms with Crippen LogP contribution in [0.4, 0.5) is 0 Å². The van der Waals surface area contributed by atoms with E-state index < -0.39 is 0 Å². The molecule has 0 spiro atoms. The average Bonchev–Trinajstić information content (AvgIpc) is 3.35. The van der Waals surface area contributed by atoms with E-state index in [0.717, 1.165) is 0 Å². The van der Waals surface area contributed by atoms with E-state index in [4.69, 9.17) is 0 Å². The van der Waals surface area contributed by atoms with Crippen LogP contribution in [0.5, 0.6) is 0 Å². The van der Waals surface area contributed by atoms with E-state index in [1.54, 1.807) is 0 Å². The molecule has 1 aromatic heterocycles.